The third kappa shape index (κ3) is 2.62. The van der Waals surface area contributed by atoms with Crippen molar-refractivity contribution < 1.29 is 14.3 Å². The van der Waals surface area contributed by atoms with Crippen LogP contribution >= 0.6 is 0 Å². The van der Waals surface area contributed by atoms with Crippen LogP contribution in [0.1, 0.15) is 24.8 Å². The number of fused-ring (bicyclic) bond motifs is 2. The van der Waals surface area contributed by atoms with Gasteiger partial charge in [0.1, 0.15) is 6.10 Å². The fourth-order valence-electron chi connectivity index (χ4n) is 2.56. The third-order valence-electron chi connectivity index (χ3n) is 3.38. The van der Waals surface area contributed by atoms with Crippen LogP contribution in [0.15, 0.2) is 36.4 Å². The molecule has 2 fully saturated rings. The summed E-state index contributed by atoms with van der Waals surface area (Å²) in [6.45, 7) is 0. The van der Waals surface area contributed by atoms with Crippen LogP contribution in [0.2, 0.25) is 0 Å². The first kappa shape index (κ1) is 11.5. The lowest BCUT2D eigenvalue weighted by Gasteiger charge is -2.37. The summed E-state index contributed by atoms with van der Waals surface area (Å²) in [5, 5.41) is 0. The van der Waals surface area contributed by atoms with Crippen molar-refractivity contribution in [3.63, 3.8) is 0 Å². The maximum Gasteiger partial charge on any atom is 0.308 e. The number of carbonyl (C=O) groups is 1. The second kappa shape index (κ2) is 4.94. The minimum absolute atomic E-state index is 0.0374. The van der Waals surface area contributed by atoms with Gasteiger partial charge >= 0.3 is 5.97 Å². The van der Waals surface area contributed by atoms with E-state index in [4.69, 9.17) is 9.47 Å². The minimum Gasteiger partial charge on any atom is -0.462 e. The molecule has 3 atom stereocenters. The lowest BCUT2D eigenvalue weighted by atomic mass is 9.96. The molecule has 94 valence electrons. The van der Waals surface area contributed by atoms with Gasteiger partial charge in [0.25, 0.3) is 0 Å². The Bertz CT molecular complexity index is 436. The standard InChI is InChI=1S/C15H16O3/c16-15-10-14-9-13(18-15)8-12(17-14)7-6-11-4-2-1-3-5-11/h1-7,12-14H,8-10H2. The number of benzene rings is 1. The number of hydrogen-bond donors (Lipinski definition) is 0. The number of hydrogen-bond acceptors (Lipinski definition) is 3. The smallest absolute Gasteiger partial charge is 0.308 e. The van der Waals surface area contributed by atoms with E-state index in [1.807, 2.05) is 18.2 Å². The number of esters is 1. The normalized spacial score (nSPS) is 31.3. The van der Waals surface area contributed by atoms with Crippen molar-refractivity contribution in [3.8, 4) is 0 Å². The Balaban J connectivity index is 1.65. The Kier molecular flexibility index (Phi) is 3.15. The van der Waals surface area contributed by atoms with Crippen molar-refractivity contribution in [2.75, 3.05) is 0 Å². The predicted octanol–water partition coefficient (Wildman–Crippen LogP) is 2.56. The fraction of sp³-hybridized carbons (Fsp3) is 0.400. The third-order valence-corrected chi connectivity index (χ3v) is 3.38. The van der Waals surface area contributed by atoms with Gasteiger partial charge in [-0.2, -0.15) is 0 Å². The summed E-state index contributed by atoms with van der Waals surface area (Å²) < 4.78 is 11.1. The van der Waals surface area contributed by atoms with E-state index in [9.17, 15) is 4.79 Å². The Morgan fingerprint density at radius 1 is 1.11 bits per heavy atom. The molecule has 0 saturated carbocycles. The summed E-state index contributed by atoms with van der Waals surface area (Å²) >= 11 is 0. The van der Waals surface area contributed by atoms with Crippen molar-refractivity contribution in [2.24, 2.45) is 0 Å². The highest BCUT2D eigenvalue weighted by molar-refractivity contribution is 5.71. The molecule has 2 bridgehead atoms. The number of ether oxygens (including phenoxy) is 2. The number of rotatable bonds is 2. The minimum atomic E-state index is -0.123. The molecule has 3 nitrogen and oxygen atoms in total. The van der Waals surface area contributed by atoms with Crippen LogP contribution in [-0.4, -0.2) is 24.3 Å². The number of carbonyl (C=O) groups excluding carboxylic acids is 1. The summed E-state index contributed by atoms with van der Waals surface area (Å²) in [6, 6.07) is 10.1. The maximum atomic E-state index is 11.2. The van der Waals surface area contributed by atoms with E-state index in [0.29, 0.717) is 6.42 Å². The topological polar surface area (TPSA) is 35.5 Å². The lowest BCUT2D eigenvalue weighted by Crippen LogP contribution is -2.43. The average Bonchev–Trinajstić information content (AvgIpc) is 2.36. The van der Waals surface area contributed by atoms with Crippen molar-refractivity contribution in [1.82, 2.24) is 0 Å². The van der Waals surface area contributed by atoms with E-state index in [1.165, 1.54) is 0 Å². The first-order chi connectivity index (χ1) is 8.79. The molecular formula is C15H16O3. The Morgan fingerprint density at radius 2 is 1.94 bits per heavy atom. The van der Waals surface area contributed by atoms with Gasteiger partial charge in [-0.25, -0.2) is 0 Å². The molecule has 3 heteroatoms. The summed E-state index contributed by atoms with van der Waals surface area (Å²) in [7, 11) is 0. The van der Waals surface area contributed by atoms with Crippen molar-refractivity contribution >= 4 is 12.0 Å². The summed E-state index contributed by atoms with van der Waals surface area (Å²) in [4.78, 5) is 11.2. The van der Waals surface area contributed by atoms with E-state index < -0.39 is 0 Å². The predicted molar refractivity (Wildman–Crippen MR) is 67.9 cm³/mol. The molecule has 1 aromatic rings. The van der Waals surface area contributed by atoms with E-state index in [-0.39, 0.29) is 24.3 Å². The van der Waals surface area contributed by atoms with Crippen LogP contribution in [0.5, 0.6) is 0 Å². The summed E-state index contributed by atoms with van der Waals surface area (Å²) in [6.07, 6.45) is 6.27. The molecule has 0 aromatic heterocycles. The molecule has 3 unspecified atom stereocenters. The van der Waals surface area contributed by atoms with E-state index in [2.05, 4.69) is 24.3 Å². The quantitative estimate of drug-likeness (QED) is 0.750. The van der Waals surface area contributed by atoms with Gasteiger partial charge in [-0.05, 0) is 5.56 Å². The van der Waals surface area contributed by atoms with E-state index in [1.54, 1.807) is 0 Å². The van der Waals surface area contributed by atoms with Crippen molar-refractivity contribution in [2.45, 2.75) is 37.6 Å². The molecule has 0 aliphatic carbocycles. The van der Waals surface area contributed by atoms with Crippen LogP contribution in [0, 0.1) is 0 Å². The molecule has 1 aromatic carbocycles. The molecular weight excluding hydrogens is 228 g/mol. The Hall–Kier alpha value is -1.61. The summed E-state index contributed by atoms with van der Waals surface area (Å²) in [5.41, 5.74) is 1.16. The molecule has 0 spiro atoms. The SMILES string of the molecule is O=C1CC2CC(CC(C=Cc3ccccc3)O2)O1. The first-order valence-electron chi connectivity index (χ1n) is 6.38. The molecule has 2 aliphatic heterocycles. The summed E-state index contributed by atoms with van der Waals surface area (Å²) in [5.74, 6) is -0.123. The molecule has 2 saturated heterocycles. The highest BCUT2D eigenvalue weighted by Crippen LogP contribution is 2.29. The van der Waals surface area contributed by atoms with Gasteiger partial charge in [-0.1, -0.05) is 42.5 Å². The zero-order valence-electron chi connectivity index (χ0n) is 10.1. The zero-order valence-corrected chi connectivity index (χ0v) is 10.1. The maximum absolute atomic E-state index is 11.2. The van der Waals surface area contributed by atoms with Gasteiger partial charge in [-0.15, -0.1) is 0 Å². The van der Waals surface area contributed by atoms with E-state index in [0.717, 1.165) is 18.4 Å². The van der Waals surface area contributed by atoms with Crippen molar-refractivity contribution in [1.29, 1.82) is 0 Å². The highest BCUT2D eigenvalue weighted by atomic mass is 16.6. The van der Waals surface area contributed by atoms with Crippen molar-refractivity contribution in [3.05, 3.63) is 42.0 Å². The van der Waals surface area contributed by atoms with Gasteiger partial charge < -0.3 is 9.47 Å². The second-order valence-electron chi connectivity index (χ2n) is 4.85. The van der Waals surface area contributed by atoms with Gasteiger partial charge in [0.15, 0.2) is 0 Å². The molecule has 0 amide bonds. The van der Waals surface area contributed by atoms with Crippen LogP contribution in [0.4, 0.5) is 0 Å². The highest BCUT2D eigenvalue weighted by Gasteiger charge is 2.36. The molecule has 3 rings (SSSR count). The van der Waals surface area contributed by atoms with Gasteiger partial charge in [0, 0.05) is 12.8 Å². The van der Waals surface area contributed by atoms with E-state index >= 15 is 0 Å². The molecule has 2 heterocycles. The first-order valence-corrected chi connectivity index (χ1v) is 6.38. The fourth-order valence-corrected chi connectivity index (χ4v) is 2.56. The second-order valence-corrected chi connectivity index (χ2v) is 4.85. The van der Waals surface area contributed by atoms with Crippen LogP contribution in [-0.2, 0) is 14.3 Å². The molecule has 0 N–H and O–H groups in total. The van der Waals surface area contributed by atoms with Gasteiger partial charge in [0.05, 0.1) is 18.6 Å². The van der Waals surface area contributed by atoms with Crippen LogP contribution in [0.25, 0.3) is 6.08 Å². The Labute approximate surface area is 106 Å². The largest absolute Gasteiger partial charge is 0.462 e. The molecule has 18 heavy (non-hydrogen) atoms. The molecule has 0 radical (unpaired) electrons. The Morgan fingerprint density at radius 3 is 2.72 bits per heavy atom. The average molecular weight is 244 g/mol. The van der Waals surface area contributed by atoms with Crippen LogP contribution in [0.3, 0.4) is 0 Å². The zero-order chi connectivity index (χ0) is 12.4. The van der Waals surface area contributed by atoms with Crippen LogP contribution < -0.4 is 0 Å². The lowest BCUT2D eigenvalue weighted by molar-refractivity contribution is -0.179. The van der Waals surface area contributed by atoms with Gasteiger partial charge in [0.2, 0.25) is 0 Å². The molecule has 2 aliphatic rings. The van der Waals surface area contributed by atoms with Gasteiger partial charge in [-0.3, -0.25) is 4.79 Å². The monoisotopic (exact) mass is 244 g/mol.